The van der Waals surface area contributed by atoms with Crippen molar-refractivity contribution in [3.63, 3.8) is 0 Å². The molecule has 3 heteroatoms. The van der Waals surface area contributed by atoms with E-state index in [4.69, 9.17) is 21.1 Å². The summed E-state index contributed by atoms with van der Waals surface area (Å²) in [5.41, 5.74) is 1.19. The largest absolute Gasteiger partial charge is 0.493 e. The highest BCUT2D eigenvalue weighted by molar-refractivity contribution is 6.30. The fourth-order valence-electron chi connectivity index (χ4n) is 1.65. The van der Waals surface area contributed by atoms with E-state index in [-0.39, 0.29) is 0 Å². The van der Waals surface area contributed by atoms with Gasteiger partial charge in [-0.25, -0.2) is 0 Å². The molecule has 0 saturated carbocycles. The summed E-state index contributed by atoms with van der Waals surface area (Å²) in [7, 11) is 0. The molecule has 0 aliphatic carbocycles. The number of hydrogen-bond acceptors (Lipinski definition) is 2. The molecule has 0 amide bonds. The maximum atomic E-state index is 5.99. The quantitative estimate of drug-likeness (QED) is 0.711. The third-order valence-corrected chi connectivity index (χ3v) is 2.86. The molecule has 1 fully saturated rings. The van der Waals surface area contributed by atoms with Crippen molar-refractivity contribution >= 4 is 11.6 Å². The summed E-state index contributed by atoms with van der Waals surface area (Å²) in [4.78, 5) is 0. The zero-order valence-corrected chi connectivity index (χ0v) is 10.3. The van der Waals surface area contributed by atoms with Crippen LogP contribution in [0.25, 0.3) is 0 Å². The summed E-state index contributed by atoms with van der Waals surface area (Å²) in [6, 6.07) is 5.83. The van der Waals surface area contributed by atoms with Gasteiger partial charge in [0.1, 0.15) is 5.75 Å². The van der Waals surface area contributed by atoms with E-state index in [2.05, 4.69) is 6.92 Å². The van der Waals surface area contributed by atoms with Gasteiger partial charge in [-0.3, -0.25) is 0 Å². The molecule has 1 aromatic rings. The Balaban J connectivity index is 2.01. The maximum absolute atomic E-state index is 5.99. The average molecular weight is 241 g/mol. The minimum atomic E-state index is 0.456. The van der Waals surface area contributed by atoms with Gasteiger partial charge in [-0.1, -0.05) is 18.5 Å². The second kappa shape index (κ2) is 5.55. The van der Waals surface area contributed by atoms with Crippen LogP contribution < -0.4 is 4.74 Å². The number of ether oxygens (including phenoxy) is 2. The molecule has 0 N–H and O–H groups in total. The van der Waals surface area contributed by atoms with Gasteiger partial charge < -0.3 is 9.47 Å². The SMILES string of the molecule is CCCOc1ccc(Cl)cc1CCC1CO1. The van der Waals surface area contributed by atoms with E-state index < -0.39 is 0 Å². The Morgan fingerprint density at radius 3 is 3.00 bits per heavy atom. The van der Waals surface area contributed by atoms with Gasteiger partial charge in [0.05, 0.1) is 19.3 Å². The van der Waals surface area contributed by atoms with Crippen LogP contribution in [0.2, 0.25) is 5.02 Å². The number of rotatable bonds is 6. The normalized spacial score (nSPS) is 18.5. The Morgan fingerprint density at radius 2 is 2.31 bits per heavy atom. The Labute approximate surface area is 102 Å². The van der Waals surface area contributed by atoms with E-state index in [1.54, 1.807) is 0 Å². The number of epoxide rings is 1. The molecule has 2 rings (SSSR count). The van der Waals surface area contributed by atoms with Crippen LogP contribution in [-0.2, 0) is 11.2 Å². The molecule has 0 radical (unpaired) electrons. The summed E-state index contributed by atoms with van der Waals surface area (Å²) in [6.07, 6.45) is 3.51. The lowest BCUT2D eigenvalue weighted by molar-refractivity contribution is 0.313. The molecule has 0 bridgehead atoms. The van der Waals surface area contributed by atoms with Crippen molar-refractivity contribution < 1.29 is 9.47 Å². The molecular formula is C13H17ClO2. The fourth-order valence-corrected chi connectivity index (χ4v) is 1.84. The molecule has 1 heterocycles. The van der Waals surface area contributed by atoms with E-state index in [0.717, 1.165) is 43.2 Å². The van der Waals surface area contributed by atoms with E-state index in [1.165, 1.54) is 5.56 Å². The lowest BCUT2D eigenvalue weighted by atomic mass is 10.1. The van der Waals surface area contributed by atoms with E-state index in [1.807, 2.05) is 18.2 Å². The van der Waals surface area contributed by atoms with E-state index in [9.17, 15) is 0 Å². The summed E-state index contributed by atoms with van der Waals surface area (Å²) >= 11 is 5.99. The van der Waals surface area contributed by atoms with Crippen LogP contribution in [0.4, 0.5) is 0 Å². The van der Waals surface area contributed by atoms with Crippen molar-refractivity contribution in [3.05, 3.63) is 28.8 Å². The molecule has 0 spiro atoms. The van der Waals surface area contributed by atoms with Crippen molar-refractivity contribution in [3.8, 4) is 5.75 Å². The van der Waals surface area contributed by atoms with E-state index in [0.29, 0.717) is 6.10 Å². The van der Waals surface area contributed by atoms with Crippen LogP contribution in [-0.4, -0.2) is 19.3 Å². The van der Waals surface area contributed by atoms with Gasteiger partial charge in [0.25, 0.3) is 0 Å². The Morgan fingerprint density at radius 1 is 1.50 bits per heavy atom. The monoisotopic (exact) mass is 240 g/mol. The van der Waals surface area contributed by atoms with Gasteiger partial charge >= 0.3 is 0 Å². The highest BCUT2D eigenvalue weighted by Gasteiger charge is 2.22. The average Bonchev–Trinajstić information content (AvgIpc) is 3.09. The first-order valence-corrected chi connectivity index (χ1v) is 6.20. The minimum absolute atomic E-state index is 0.456. The fraction of sp³-hybridized carbons (Fsp3) is 0.538. The standard InChI is InChI=1S/C13H17ClO2/c1-2-7-15-13-6-4-11(14)8-10(13)3-5-12-9-16-12/h4,6,8,12H,2-3,5,7,9H2,1H3. The Kier molecular flexibility index (Phi) is 4.08. The highest BCUT2D eigenvalue weighted by Crippen LogP contribution is 2.26. The first-order valence-electron chi connectivity index (χ1n) is 5.82. The van der Waals surface area contributed by atoms with Crippen LogP contribution in [0.3, 0.4) is 0 Å². The van der Waals surface area contributed by atoms with Gasteiger partial charge in [-0.15, -0.1) is 0 Å². The summed E-state index contributed by atoms with van der Waals surface area (Å²) < 4.78 is 10.9. The van der Waals surface area contributed by atoms with Crippen LogP contribution >= 0.6 is 11.6 Å². The third-order valence-electron chi connectivity index (χ3n) is 2.62. The first-order chi connectivity index (χ1) is 7.79. The molecular weight excluding hydrogens is 224 g/mol. The molecule has 2 nitrogen and oxygen atoms in total. The number of halogens is 1. The second-order valence-electron chi connectivity index (χ2n) is 4.09. The van der Waals surface area contributed by atoms with E-state index >= 15 is 0 Å². The second-order valence-corrected chi connectivity index (χ2v) is 4.53. The molecule has 16 heavy (non-hydrogen) atoms. The van der Waals surface area contributed by atoms with Crippen LogP contribution in [0, 0.1) is 0 Å². The van der Waals surface area contributed by atoms with Gasteiger partial charge in [-0.05, 0) is 43.0 Å². The molecule has 0 aromatic heterocycles. The lowest BCUT2D eigenvalue weighted by Gasteiger charge is -2.10. The molecule has 88 valence electrons. The topological polar surface area (TPSA) is 21.8 Å². The van der Waals surface area contributed by atoms with Crippen molar-refractivity contribution in [2.45, 2.75) is 32.3 Å². The predicted octanol–water partition coefficient (Wildman–Crippen LogP) is 3.46. The number of hydrogen-bond donors (Lipinski definition) is 0. The Hall–Kier alpha value is -0.730. The summed E-state index contributed by atoms with van der Waals surface area (Å²) in [5.74, 6) is 0.965. The number of benzene rings is 1. The zero-order chi connectivity index (χ0) is 11.4. The minimum Gasteiger partial charge on any atom is -0.493 e. The molecule has 1 unspecified atom stereocenters. The van der Waals surface area contributed by atoms with Crippen LogP contribution in [0.1, 0.15) is 25.3 Å². The maximum Gasteiger partial charge on any atom is 0.122 e. The predicted molar refractivity (Wildman–Crippen MR) is 65.3 cm³/mol. The van der Waals surface area contributed by atoms with Gasteiger partial charge in [0.2, 0.25) is 0 Å². The van der Waals surface area contributed by atoms with Crippen LogP contribution in [0.5, 0.6) is 5.75 Å². The molecule has 1 aromatic carbocycles. The Bertz CT molecular complexity index is 348. The lowest BCUT2D eigenvalue weighted by Crippen LogP contribution is -2.00. The van der Waals surface area contributed by atoms with Crippen molar-refractivity contribution in [1.29, 1.82) is 0 Å². The van der Waals surface area contributed by atoms with Crippen molar-refractivity contribution in [2.75, 3.05) is 13.2 Å². The van der Waals surface area contributed by atoms with Crippen LogP contribution in [0.15, 0.2) is 18.2 Å². The van der Waals surface area contributed by atoms with Gasteiger partial charge in [0.15, 0.2) is 0 Å². The third kappa shape index (κ3) is 3.39. The van der Waals surface area contributed by atoms with Gasteiger partial charge in [-0.2, -0.15) is 0 Å². The molecule has 1 saturated heterocycles. The molecule has 1 aliphatic heterocycles. The summed E-state index contributed by atoms with van der Waals surface area (Å²) in [6.45, 7) is 3.77. The number of aryl methyl sites for hydroxylation is 1. The van der Waals surface area contributed by atoms with Crippen molar-refractivity contribution in [1.82, 2.24) is 0 Å². The highest BCUT2D eigenvalue weighted by atomic mass is 35.5. The molecule has 1 aliphatic rings. The first kappa shape index (κ1) is 11.7. The molecule has 1 atom stereocenters. The summed E-state index contributed by atoms with van der Waals surface area (Å²) in [5, 5.41) is 0.774. The van der Waals surface area contributed by atoms with Gasteiger partial charge in [0, 0.05) is 5.02 Å². The zero-order valence-electron chi connectivity index (χ0n) is 9.54. The smallest absolute Gasteiger partial charge is 0.122 e. The van der Waals surface area contributed by atoms with Crippen molar-refractivity contribution in [2.24, 2.45) is 0 Å².